The van der Waals surface area contributed by atoms with Crippen LogP contribution >= 0.6 is 26.7 Å². The number of aryl methyl sites for hydroxylation is 1. The first-order valence-corrected chi connectivity index (χ1v) is 20.9. The molecule has 0 saturated heterocycles. The molecule has 0 radical (unpaired) electrons. The first-order chi connectivity index (χ1) is 23.8. The van der Waals surface area contributed by atoms with E-state index in [2.05, 4.69) is 127 Å². The summed E-state index contributed by atoms with van der Waals surface area (Å²) < 4.78 is 0. The molecule has 240 valence electrons. The number of benzene rings is 6. The van der Waals surface area contributed by atoms with Crippen LogP contribution in [-0.2, 0) is 24.3 Å². The quantitative estimate of drug-likeness (QED) is 0.115. The van der Waals surface area contributed by atoms with Crippen molar-refractivity contribution in [3.8, 4) is 22.5 Å². The molecule has 1 nitrogen and oxygen atoms in total. The Hall–Kier alpha value is -3.73. The Balaban J connectivity index is 0.000000175. The van der Waals surface area contributed by atoms with E-state index in [1.807, 2.05) is 97.1 Å². The second-order valence-electron chi connectivity index (χ2n) is 10.6. The maximum Gasteiger partial charge on any atom is 0.0967 e. The van der Waals surface area contributed by atoms with Crippen LogP contribution < -0.4 is 15.9 Å². The number of aromatic nitrogens is 1. The van der Waals surface area contributed by atoms with Crippen LogP contribution in [0.2, 0.25) is 0 Å². The van der Waals surface area contributed by atoms with Gasteiger partial charge in [-0.05, 0) is 46.5 Å². The number of rotatable bonds is 7. The van der Waals surface area contributed by atoms with Gasteiger partial charge in [0.05, 0.1) is 24.7 Å². The summed E-state index contributed by atoms with van der Waals surface area (Å²) in [6, 6.07) is 71.0. The summed E-state index contributed by atoms with van der Waals surface area (Å²) in [4.78, 5) is 4.65. The Labute approximate surface area is 304 Å². The zero-order chi connectivity index (χ0) is 33.7. The Kier molecular flexibility index (Phi) is 17.0. The molecule has 1 heterocycles. The maximum absolute atomic E-state index is 4.65. The summed E-state index contributed by atoms with van der Waals surface area (Å²) >= 11 is 1.47. The van der Waals surface area contributed by atoms with Gasteiger partial charge >= 0.3 is 27.5 Å². The smallest absolute Gasteiger partial charge is 0.0967 e. The molecule has 0 spiro atoms. The predicted octanol–water partition coefficient (Wildman–Crippen LogP) is 9.98. The van der Waals surface area contributed by atoms with Crippen molar-refractivity contribution in [1.82, 2.24) is 4.98 Å². The van der Waals surface area contributed by atoms with Crippen LogP contribution in [0.1, 0.15) is 5.56 Å². The fourth-order valence-electron chi connectivity index (χ4n) is 4.94. The molecule has 0 aliphatic carbocycles. The molecule has 1 unspecified atom stereocenters. The third-order valence-corrected chi connectivity index (χ3v) is 10.5. The third kappa shape index (κ3) is 12.7. The third-order valence-electron chi connectivity index (χ3n) is 7.27. The number of pyridine rings is 1. The molecule has 1 atom stereocenters. The van der Waals surface area contributed by atoms with E-state index in [1.165, 1.54) is 45.5 Å². The summed E-state index contributed by atoms with van der Waals surface area (Å²) in [5.41, 5.74) is 5.33. The van der Waals surface area contributed by atoms with Gasteiger partial charge in [0, 0.05) is 6.42 Å². The van der Waals surface area contributed by atoms with Gasteiger partial charge in [-0.15, -0.1) is 81.0 Å². The number of hydrogen-bond acceptors (Lipinski definition) is 1. The van der Waals surface area contributed by atoms with Crippen molar-refractivity contribution in [1.29, 1.82) is 0 Å². The number of halogens is 1. The molecular weight excluding hydrogens is 820 g/mol. The molecule has 48 heavy (non-hydrogen) atoms. The normalized spacial score (nSPS) is 9.92. The molecule has 6 aromatic carbocycles. The summed E-state index contributed by atoms with van der Waals surface area (Å²) in [5.74, 6) is 0. The van der Waals surface area contributed by atoms with E-state index in [0.29, 0.717) is 0 Å². The molecule has 5 heteroatoms. The van der Waals surface area contributed by atoms with Crippen LogP contribution in [0.3, 0.4) is 0 Å². The van der Waals surface area contributed by atoms with Crippen LogP contribution in [0.4, 0.5) is 0 Å². The van der Waals surface area contributed by atoms with Crippen molar-refractivity contribution < 1.29 is 17.9 Å². The average molecular weight is 858 g/mol. The van der Waals surface area contributed by atoms with Gasteiger partial charge in [-0.1, -0.05) is 115 Å². The van der Waals surface area contributed by atoms with Crippen LogP contribution in [0.5, 0.6) is 0 Å². The van der Waals surface area contributed by atoms with Gasteiger partial charge in [0.15, 0.2) is 0 Å². The van der Waals surface area contributed by atoms with E-state index in [-0.39, 0.29) is 0 Å². The summed E-state index contributed by atoms with van der Waals surface area (Å²) in [6.07, 6.45) is 2.39. The van der Waals surface area contributed by atoms with Crippen LogP contribution in [0.25, 0.3) is 22.5 Å². The molecule has 0 aliphatic heterocycles. The SMILES string of the molecule is Pc1ccccc1.[Cl][Ir+2].[c-]1ccccc1-c1cccc(-c2[c-]cccc2)n1.c1ccc(CC[PH+](c2ccccc2)c2ccccc2)cc1. The van der Waals surface area contributed by atoms with Crippen molar-refractivity contribution in [2.75, 3.05) is 6.16 Å². The second-order valence-corrected chi connectivity index (χ2v) is 13.8. The fourth-order valence-corrected chi connectivity index (χ4v) is 7.80. The monoisotopic (exact) mass is 858 g/mol. The van der Waals surface area contributed by atoms with Gasteiger partial charge < -0.3 is 4.98 Å². The van der Waals surface area contributed by atoms with Gasteiger partial charge in [0.2, 0.25) is 0 Å². The topological polar surface area (TPSA) is 12.9 Å². The Morgan fingerprint density at radius 2 is 0.917 bits per heavy atom. The Morgan fingerprint density at radius 3 is 1.31 bits per heavy atom. The molecule has 1 aromatic heterocycles. The molecule has 7 aromatic rings. The zero-order valence-corrected chi connectivity index (χ0v) is 31.9. The van der Waals surface area contributed by atoms with E-state index in [1.54, 1.807) is 0 Å². The van der Waals surface area contributed by atoms with Gasteiger partial charge in [0.1, 0.15) is 0 Å². The maximum atomic E-state index is 4.65. The molecule has 0 bridgehead atoms. The minimum absolute atomic E-state index is 0.697. The summed E-state index contributed by atoms with van der Waals surface area (Å²) in [7, 11) is 6.57. The van der Waals surface area contributed by atoms with Crippen molar-refractivity contribution in [2.45, 2.75) is 6.42 Å². The molecular formula is C43H38ClIrNP2+. The molecule has 0 amide bonds. The molecule has 0 saturated carbocycles. The summed E-state index contributed by atoms with van der Waals surface area (Å²) in [5, 5.41) is 4.25. The van der Waals surface area contributed by atoms with Crippen molar-refractivity contribution >= 4 is 42.7 Å². The molecule has 0 fully saturated rings. The van der Waals surface area contributed by atoms with Gasteiger partial charge in [-0.2, -0.15) is 0 Å². The van der Waals surface area contributed by atoms with Gasteiger partial charge in [-0.3, -0.25) is 0 Å². The van der Waals surface area contributed by atoms with Gasteiger partial charge in [-0.25, -0.2) is 0 Å². The second kappa shape index (κ2) is 22.0. The van der Waals surface area contributed by atoms with E-state index < -0.39 is 7.92 Å². The van der Waals surface area contributed by atoms with E-state index in [4.69, 9.17) is 0 Å². The van der Waals surface area contributed by atoms with E-state index in [0.717, 1.165) is 28.9 Å². The largest absolute Gasteiger partial charge is 0.345 e. The first kappa shape index (κ1) is 37.1. The van der Waals surface area contributed by atoms with Crippen LogP contribution in [-0.4, -0.2) is 11.1 Å². The fraction of sp³-hybridized carbons (Fsp3) is 0.0465. The van der Waals surface area contributed by atoms with E-state index in [9.17, 15) is 0 Å². The Morgan fingerprint density at radius 1 is 0.500 bits per heavy atom. The zero-order valence-electron chi connectivity index (χ0n) is 26.5. The number of nitrogens with zero attached hydrogens (tertiary/aromatic N) is 1. The average Bonchev–Trinajstić information content (AvgIpc) is 3.19. The van der Waals surface area contributed by atoms with E-state index >= 15 is 0 Å². The minimum Gasteiger partial charge on any atom is -0.345 e. The van der Waals surface area contributed by atoms with Crippen molar-refractivity contribution in [2.24, 2.45) is 0 Å². The molecule has 0 aliphatic rings. The standard InChI is InChI=1S/C20H19P.C17H11N.C6H7P.ClH.Ir/c1-4-10-18(11-5-1)16-17-21(19-12-6-2-7-13-19)20-14-8-3-9-15-20;1-3-8-14(9-4-1)16-12-7-13-17(18-16)15-10-5-2-6-11-15;7-6-4-2-1-3-5-6;;/h1-15H,16-17H2;1-8,10,12-13H;1-5H,7H2;1H;/q;-2;;;+3. The molecule has 7 rings (SSSR count). The first-order valence-electron chi connectivity index (χ1n) is 15.6. The van der Waals surface area contributed by atoms with Crippen LogP contribution in [0, 0.1) is 12.1 Å². The Bertz CT molecular complexity index is 1730. The predicted molar refractivity (Wildman–Crippen MR) is 210 cm³/mol. The van der Waals surface area contributed by atoms with Crippen LogP contribution in [0.15, 0.2) is 188 Å². The molecule has 0 N–H and O–H groups in total. The van der Waals surface area contributed by atoms with Crippen molar-refractivity contribution in [3.05, 3.63) is 206 Å². The minimum atomic E-state index is -0.697. The van der Waals surface area contributed by atoms with Crippen molar-refractivity contribution in [3.63, 3.8) is 0 Å². The number of hydrogen-bond donors (Lipinski definition) is 0. The van der Waals surface area contributed by atoms with Gasteiger partial charge in [0.25, 0.3) is 0 Å². The summed E-state index contributed by atoms with van der Waals surface area (Å²) in [6.45, 7) is 0.